The van der Waals surface area contributed by atoms with Crippen LogP contribution in [0.1, 0.15) is 41.1 Å². The van der Waals surface area contributed by atoms with E-state index in [0.717, 1.165) is 50.0 Å². The Hall–Kier alpha value is -4.20. The number of para-hydroxylation sites is 2. The molecule has 0 bridgehead atoms. The van der Waals surface area contributed by atoms with E-state index in [4.69, 9.17) is 25.8 Å². The average molecular weight is 718 g/mol. The van der Waals surface area contributed by atoms with Crippen LogP contribution in [0.3, 0.4) is 0 Å². The lowest BCUT2D eigenvalue weighted by Gasteiger charge is -2.34. The first-order valence-corrected chi connectivity index (χ1v) is 16.8. The molecule has 5 rings (SSSR count). The number of nitrogens with zero attached hydrogens (tertiary/aromatic N) is 4. The summed E-state index contributed by atoms with van der Waals surface area (Å²) >= 11 is 6.39. The summed E-state index contributed by atoms with van der Waals surface area (Å²) in [6, 6.07) is 18.5. The van der Waals surface area contributed by atoms with Gasteiger partial charge in [0, 0.05) is 55.8 Å². The predicted molar refractivity (Wildman–Crippen MR) is 187 cm³/mol. The summed E-state index contributed by atoms with van der Waals surface area (Å²) in [7, 11) is 6.32. The minimum absolute atomic E-state index is 0.0133. The summed E-state index contributed by atoms with van der Waals surface area (Å²) in [4.78, 5) is 22.4. The molecule has 1 unspecified atom stereocenters. The summed E-state index contributed by atoms with van der Waals surface area (Å²) in [5.74, 6) is 1.59. The number of halogens is 4. The number of imidazole rings is 1. The Labute approximate surface area is 295 Å². The number of carbonyl (C=O) groups is 1. The molecule has 50 heavy (non-hydrogen) atoms. The summed E-state index contributed by atoms with van der Waals surface area (Å²) in [5, 5.41) is 4.12. The number of fused-ring (bicyclic) bond motifs is 1. The van der Waals surface area contributed by atoms with Gasteiger partial charge in [0.05, 0.1) is 39.0 Å². The van der Waals surface area contributed by atoms with Crippen molar-refractivity contribution in [1.82, 2.24) is 19.4 Å². The van der Waals surface area contributed by atoms with E-state index in [1.54, 1.807) is 28.6 Å². The molecule has 0 radical (unpaired) electrons. The number of likely N-dealkylation sites (N-methyl/N-ethyl adjacent to an activating group) is 1. The molecule has 270 valence electrons. The molecule has 1 atom stereocenters. The molecule has 0 spiro atoms. The van der Waals surface area contributed by atoms with Crippen molar-refractivity contribution in [1.29, 1.82) is 0 Å². The molecular formula is C36H43ClF3N5O5. The Morgan fingerprint density at radius 2 is 1.70 bits per heavy atom. The topological polar surface area (TPSA) is 90.3 Å². The molecule has 1 N–H and O–H groups in total. The Morgan fingerprint density at radius 1 is 1.00 bits per heavy atom. The van der Waals surface area contributed by atoms with Gasteiger partial charge in [-0.2, -0.15) is 0 Å². The van der Waals surface area contributed by atoms with Gasteiger partial charge in [0.15, 0.2) is 11.5 Å². The number of methoxy groups -OCH3 is 3. The molecule has 1 saturated heterocycles. The number of likely N-dealkylation sites (tertiary alicyclic amines) is 1. The van der Waals surface area contributed by atoms with Gasteiger partial charge in [0.2, 0.25) is 11.7 Å². The van der Waals surface area contributed by atoms with Crippen LogP contribution in [0, 0.1) is 0 Å². The van der Waals surface area contributed by atoms with Crippen molar-refractivity contribution in [2.24, 2.45) is 0 Å². The summed E-state index contributed by atoms with van der Waals surface area (Å²) in [5.41, 5.74) is 2.93. The molecule has 1 aliphatic heterocycles. The number of aromatic nitrogens is 2. The zero-order valence-corrected chi connectivity index (χ0v) is 29.4. The van der Waals surface area contributed by atoms with Gasteiger partial charge in [-0.05, 0) is 67.8 Å². The molecule has 10 nitrogen and oxygen atoms in total. The lowest BCUT2D eigenvalue weighted by molar-refractivity contribution is -0.325. The van der Waals surface area contributed by atoms with Crippen LogP contribution in [0.2, 0.25) is 5.02 Å². The van der Waals surface area contributed by atoms with E-state index in [1.807, 2.05) is 48.5 Å². The Balaban J connectivity index is 1.22. The van der Waals surface area contributed by atoms with Crippen LogP contribution in [0.15, 0.2) is 60.7 Å². The number of ether oxygens (including phenoxy) is 4. The predicted octanol–water partition coefficient (Wildman–Crippen LogP) is 7.07. The summed E-state index contributed by atoms with van der Waals surface area (Å²) in [6.07, 6.45) is -2.22. The molecule has 1 aromatic heterocycles. The number of hydrogen-bond acceptors (Lipinski definition) is 8. The molecule has 0 aliphatic carbocycles. The van der Waals surface area contributed by atoms with Gasteiger partial charge in [0.1, 0.15) is 0 Å². The number of amides is 1. The lowest BCUT2D eigenvalue weighted by atomic mass is 9.94. The number of hydrogen-bond donors (Lipinski definition) is 1. The highest BCUT2D eigenvalue weighted by Gasteiger charge is 2.29. The van der Waals surface area contributed by atoms with Crippen molar-refractivity contribution in [3.05, 3.63) is 76.8 Å². The number of piperidine rings is 1. The van der Waals surface area contributed by atoms with E-state index < -0.39 is 13.0 Å². The van der Waals surface area contributed by atoms with Gasteiger partial charge in [-0.25, -0.2) is 4.98 Å². The third kappa shape index (κ3) is 9.32. The van der Waals surface area contributed by atoms with Crippen molar-refractivity contribution >= 4 is 34.5 Å². The van der Waals surface area contributed by atoms with Gasteiger partial charge in [0.25, 0.3) is 5.91 Å². The maximum atomic E-state index is 13.7. The first kappa shape index (κ1) is 37.1. The number of anilines is 1. The van der Waals surface area contributed by atoms with E-state index in [1.165, 1.54) is 21.3 Å². The van der Waals surface area contributed by atoms with Gasteiger partial charge >= 0.3 is 6.36 Å². The largest absolute Gasteiger partial charge is 0.522 e. The molecular weight excluding hydrogens is 675 g/mol. The second-order valence-electron chi connectivity index (χ2n) is 12.3. The highest BCUT2D eigenvalue weighted by Crippen LogP contribution is 2.38. The minimum Gasteiger partial charge on any atom is -0.493 e. The lowest BCUT2D eigenvalue weighted by Crippen LogP contribution is -2.40. The molecule has 4 aromatic rings. The second-order valence-corrected chi connectivity index (χ2v) is 12.7. The highest BCUT2D eigenvalue weighted by molar-refractivity contribution is 6.30. The van der Waals surface area contributed by atoms with E-state index >= 15 is 0 Å². The van der Waals surface area contributed by atoms with Crippen molar-refractivity contribution in [2.75, 3.05) is 66.5 Å². The van der Waals surface area contributed by atoms with E-state index in [0.29, 0.717) is 45.8 Å². The number of carbonyl (C=O) groups excluding carboxylic acids is 1. The highest BCUT2D eigenvalue weighted by atomic mass is 35.5. The van der Waals surface area contributed by atoms with E-state index in [-0.39, 0.29) is 24.4 Å². The van der Waals surface area contributed by atoms with Crippen molar-refractivity contribution < 1.29 is 36.9 Å². The van der Waals surface area contributed by atoms with Crippen LogP contribution in [0.4, 0.5) is 19.1 Å². The zero-order chi connectivity index (χ0) is 35.8. The van der Waals surface area contributed by atoms with Gasteiger partial charge in [-0.15, -0.1) is 13.2 Å². The Kier molecular flexibility index (Phi) is 12.4. The molecule has 2 heterocycles. The quantitative estimate of drug-likeness (QED) is 0.140. The molecule has 1 aliphatic rings. The number of benzene rings is 3. The third-order valence-corrected chi connectivity index (χ3v) is 9.26. The number of nitrogens with one attached hydrogen (secondary N) is 1. The third-order valence-electron chi connectivity index (χ3n) is 9.02. The van der Waals surface area contributed by atoms with Crippen molar-refractivity contribution in [2.45, 2.75) is 44.1 Å². The smallest absolute Gasteiger partial charge is 0.493 e. The van der Waals surface area contributed by atoms with Crippen LogP contribution in [0.25, 0.3) is 11.0 Å². The maximum absolute atomic E-state index is 13.7. The standard InChI is InChI=1S/C36H43ClF3N5O5/c1-43(34(46)26-21-31(47-2)33(49-4)32(22-26)48-3)23-25(24-8-7-9-27(37)20-24)12-15-44-16-13-28(14-17-44)41-35-42-29-10-5-6-11-30(29)45(35)18-19-50-36(38,39)40/h5-11,20-22,25,28H,12-19,23H2,1-4H3,(H,41,42). The summed E-state index contributed by atoms with van der Waals surface area (Å²) < 4.78 is 60.2. The Bertz CT molecular complexity index is 1720. The molecule has 1 amide bonds. The number of alkyl halides is 3. The van der Waals surface area contributed by atoms with Crippen molar-refractivity contribution in [3.63, 3.8) is 0 Å². The van der Waals surface area contributed by atoms with Gasteiger partial charge < -0.3 is 33.9 Å². The van der Waals surface area contributed by atoms with Crippen LogP contribution in [0.5, 0.6) is 17.2 Å². The fraction of sp³-hybridized carbons (Fsp3) is 0.444. The SMILES string of the molecule is COc1cc(C(=O)N(C)CC(CCN2CCC(Nc3nc4ccccc4n3CCOC(F)(F)F)CC2)c2cccc(Cl)c2)cc(OC)c1OC. The zero-order valence-electron chi connectivity index (χ0n) is 28.6. The fourth-order valence-electron chi connectivity index (χ4n) is 6.45. The van der Waals surface area contributed by atoms with Crippen LogP contribution in [-0.2, 0) is 11.3 Å². The first-order chi connectivity index (χ1) is 24.0. The molecule has 3 aromatic carbocycles. The molecule has 14 heteroatoms. The van der Waals surface area contributed by atoms with Gasteiger partial charge in [-0.1, -0.05) is 35.9 Å². The van der Waals surface area contributed by atoms with E-state index in [9.17, 15) is 18.0 Å². The summed E-state index contributed by atoms with van der Waals surface area (Å²) in [6.45, 7) is 2.44. The average Bonchev–Trinajstić information content (AvgIpc) is 3.45. The monoisotopic (exact) mass is 717 g/mol. The van der Waals surface area contributed by atoms with Crippen LogP contribution < -0.4 is 19.5 Å². The minimum atomic E-state index is -4.69. The van der Waals surface area contributed by atoms with Crippen LogP contribution >= 0.6 is 11.6 Å². The van der Waals surface area contributed by atoms with Crippen LogP contribution in [-0.4, -0.2) is 98.8 Å². The molecule has 0 saturated carbocycles. The normalized spacial score (nSPS) is 14.8. The second kappa shape index (κ2) is 16.7. The number of rotatable bonds is 15. The Morgan fingerprint density at radius 3 is 2.34 bits per heavy atom. The fourth-order valence-corrected chi connectivity index (χ4v) is 6.65. The van der Waals surface area contributed by atoms with Crippen molar-refractivity contribution in [3.8, 4) is 17.2 Å². The first-order valence-electron chi connectivity index (χ1n) is 16.5. The van der Waals surface area contributed by atoms with Gasteiger partial charge in [-0.3, -0.25) is 9.53 Å². The molecule has 1 fully saturated rings. The van der Waals surface area contributed by atoms with E-state index in [2.05, 4.69) is 19.9 Å². The maximum Gasteiger partial charge on any atom is 0.522 e.